The summed E-state index contributed by atoms with van der Waals surface area (Å²) in [6, 6.07) is 5.41. The number of fused-ring (bicyclic) bond motifs is 1. The van der Waals surface area contributed by atoms with Gasteiger partial charge in [0.2, 0.25) is 5.91 Å². The highest BCUT2D eigenvalue weighted by Gasteiger charge is 2.61. The molecule has 0 saturated carbocycles. The van der Waals surface area contributed by atoms with E-state index in [1.54, 1.807) is 31.4 Å². The third-order valence-electron chi connectivity index (χ3n) is 4.59. The predicted octanol–water partition coefficient (Wildman–Crippen LogP) is 0.288. The Labute approximate surface area is 139 Å². The van der Waals surface area contributed by atoms with Crippen LogP contribution >= 0.6 is 0 Å². The summed E-state index contributed by atoms with van der Waals surface area (Å²) in [5.74, 6) is -1.35. The van der Waals surface area contributed by atoms with E-state index in [4.69, 9.17) is 9.47 Å². The summed E-state index contributed by atoms with van der Waals surface area (Å²) in [6.45, 7) is 1.53. The molecule has 128 valence electrons. The third-order valence-corrected chi connectivity index (χ3v) is 4.59. The number of benzene rings is 1. The zero-order valence-corrected chi connectivity index (χ0v) is 13.5. The van der Waals surface area contributed by atoms with Crippen LogP contribution in [0, 0.1) is 5.92 Å². The van der Waals surface area contributed by atoms with Crippen LogP contribution in [-0.4, -0.2) is 53.0 Å². The van der Waals surface area contributed by atoms with Crippen molar-refractivity contribution in [1.82, 2.24) is 4.90 Å². The van der Waals surface area contributed by atoms with Crippen LogP contribution in [0.3, 0.4) is 0 Å². The molecule has 0 bridgehead atoms. The largest absolute Gasteiger partial charge is 0.497 e. The molecule has 2 saturated heterocycles. The highest BCUT2D eigenvalue weighted by atomic mass is 16.5. The van der Waals surface area contributed by atoms with Crippen molar-refractivity contribution in [2.45, 2.75) is 38.1 Å². The summed E-state index contributed by atoms with van der Waals surface area (Å²) >= 11 is 0. The van der Waals surface area contributed by atoms with Crippen molar-refractivity contribution in [3.63, 3.8) is 0 Å². The fourth-order valence-electron chi connectivity index (χ4n) is 3.34. The second-order valence-electron chi connectivity index (χ2n) is 6.11. The minimum Gasteiger partial charge on any atom is -0.497 e. The Hall–Kier alpha value is -2.41. The maximum Gasteiger partial charge on any atom is 0.337 e. The van der Waals surface area contributed by atoms with Gasteiger partial charge in [0, 0.05) is 6.42 Å². The van der Waals surface area contributed by atoms with E-state index >= 15 is 0 Å². The lowest BCUT2D eigenvalue weighted by Gasteiger charge is -2.45. The van der Waals surface area contributed by atoms with Crippen molar-refractivity contribution in [2.24, 2.45) is 5.92 Å². The Bertz CT molecular complexity index is 668. The summed E-state index contributed by atoms with van der Waals surface area (Å²) in [5, 5.41) is 9.61. The van der Waals surface area contributed by atoms with E-state index in [1.807, 2.05) is 0 Å². The molecule has 0 aromatic heterocycles. The SMILES string of the molecule is COc1ccc(COC(=O)C2C(=O)C[C@@H]3[C@@H]([C@@H](C)O)C(=O)N23)cc1. The van der Waals surface area contributed by atoms with Gasteiger partial charge in [0.05, 0.1) is 25.2 Å². The van der Waals surface area contributed by atoms with Gasteiger partial charge in [0.15, 0.2) is 11.8 Å². The Balaban J connectivity index is 1.63. The first-order chi connectivity index (χ1) is 11.4. The van der Waals surface area contributed by atoms with Gasteiger partial charge in [-0.15, -0.1) is 0 Å². The Morgan fingerprint density at radius 1 is 1.33 bits per heavy atom. The van der Waals surface area contributed by atoms with Gasteiger partial charge in [0.25, 0.3) is 0 Å². The third kappa shape index (κ3) is 2.65. The van der Waals surface area contributed by atoms with Crippen LogP contribution in [0.5, 0.6) is 5.75 Å². The number of carbonyl (C=O) groups excluding carboxylic acids is 3. The van der Waals surface area contributed by atoms with Gasteiger partial charge in [-0.25, -0.2) is 4.79 Å². The summed E-state index contributed by atoms with van der Waals surface area (Å²) in [4.78, 5) is 37.7. The molecular formula is C17H19NO6. The summed E-state index contributed by atoms with van der Waals surface area (Å²) < 4.78 is 10.2. The highest BCUT2D eigenvalue weighted by Crippen LogP contribution is 2.40. The van der Waals surface area contributed by atoms with Gasteiger partial charge in [-0.05, 0) is 24.6 Å². The van der Waals surface area contributed by atoms with Crippen LogP contribution in [0.15, 0.2) is 24.3 Å². The fourth-order valence-corrected chi connectivity index (χ4v) is 3.34. The number of amides is 1. The second kappa shape index (κ2) is 6.24. The van der Waals surface area contributed by atoms with E-state index < -0.39 is 30.1 Å². The Kier molecular flexibility index (Phi) is 4.28. The number of esters is 1. The van der Waals surface area contributed by atoms with Gasteiger partial charge in [-0.1, -0.05) is 12.1 Å². The van der Waals surface area contributed by atoms with Crippen molar-refractivity contribution in [1.29, 1.82) is 0 Å². The Morgan fingerprint density at radius 3 is 2.58 bits per heavy atom. The molecule has 4 atom stereocenters. The number of carbonyl (C=O) groups is 3. The lowest BCUT2D eigenvalue weighted by Crippen LogP contribution is -2.64. The van der Waals surface area contributed by atoms with Crippen LogP contribution in [0.2, 0.25) is 0 Å². The number of hydrogen-bond donors (Lipinski definition) is 1. The lowest BCUT2D eigenvalue weighted by molar-refractivity contribution is -0.172. The molecule has 24 heavy (non-hydrogen) atoms. The maximum atomic E-state index is 12.2. The molecule has 2 aliphatic heterocycles. The van der Waals surface area contributed by atoms with Gasteiger partial charge in [0.1, 0.15) is 12.4 Å². The van der Waals surface area contributed by atoms with Crippen molar-refractivity contribution in [3.8, 4) is 5.75 Å². The molecule has 0 aliphatic carbocycles. The van der Waals surface area contributed by atoms with E-state index in [0.717, 1.165) is 5.56 Å². The second-order valence-corrected chi connectivity index (χ2v) is 6.11. The molecule has 0 radical (unpaired) electrons. The zero-order chi connectivity index (χ0) is 17.4. The average Bonchev–Trinajstić information content (AvgIpc) is 2.85. The van der Waals surface area contributed by atoms with Crippen LogP contribution in [-0.2, 0) is 25.7 Å². The van der Waals surface area contributed by atoms with E-state index in [2.05, 4.69) is 0 Å². The number of methoxy groups -OCH3 is 1. The topological polar surface area (TPSA) is 93.1 Å². The van der Waals surface area contributed by atoms with E-state index in [9.17, 15) is 19.5 Å². The number of β-lactam (4-membered cyclic amide) rings is 1. The molecule has 3 rings (SSSR count). The summed E-state index contributed by atoms with van der Waals surface area (Å²) in [6.07, 6.45) is -0.746. The first-order valence-corrected chi connectivity index (χ1v) is 7.76. The predicted molar refractivity (Wildman–Crippen MR) is 82.0 cm³/mol. The van der Waals surface area contributed by atoms with Gasteiger partial charge in [-0.3, -0.25) is 9.59 Å². The Morgan fingerprint density at radius 2 is 2.00 bits per heavy atom. The molecule has 1 N–H and O–H groups in total. The average molecular weight is 333 g/mol. The van der Waals surface area contributed by atoms with Crippen LogP contribution < -0.4 is 4.74 Å². The van der Waals surface area contributed by atoms with Crippen molar-refractivity contribution >= 4 is 17.7 Å². The lowest BCUT2D eigenvalue weighted by atomic mass is 9.84. The number of Topliss-reactive ketones (excluding diaryl/α,β-unsaturated/α-hetero) is 1. The van der Waals surface area contributed by atoms with Gasteiger partial charge < -0.3 is 19.5 Å². The van der Waals surface area contributed by atoms with Crippen molar-refractivity contribution in [2.75, 3.05) is 7.11 Å². The van der Waals surface area contributed by atoms with E-state index in [1.165, 1.54) is 11.8 Å². The first-order valence-electron chi connectivity index (χ1n) is 7.76. The summed E-state index contributed by atoms with van der Waals surface area (Å²) in [7, 11) is 1.56. The van der Waals surface area contributed by atoms with Gasteiger partial charge >= 0.3 is 5.97 Å². The molecule has 1 aromatic rings. The first kappa shape index (κ1) is 16.4. The maximum absolute atomic E-state index is 12.2. The van der Waals surface area contributed by atoms with Crippen LogP contribution in [0.25, 0.3) is 0 Å². The number of ether oxygens (including phenoxy) is 2. The molecule has 2 aliphatic rings. The monoisotopic (exact) mass is 333 g/mol. The van der Waals surface area contributed by atoms with E-state index in [0.29, 0.717) is 5.75 Å². The quantitative estimate of drug-likeness (QED) is 0.473. The smallest absolute Gasteiger partial charge is 0.337 e. The minimum atomic E-state index is -1.18. The minimum absolute atomic E-state index is 0.0130. The summed E-state index contributed by atoms with van der Waals surface area (Å²) in [5.41, 5.74) is 0.753. The van der Waals surface area contributed by atoms with Crippen molar-refractivity contribution < 1.29 is 29.0 Å². The fraction of sp³-hybridized carbons (Fsp3) is 0.471. The number of ketones is 1. The molecule has 1 amide bonds. The number of hydrogen-bond acceptors (Lipinski definition) is 6. The highest BCUT2D eigenvalue weighted by molar-refractivity contribution is 6.11. The number of aliphatic hydroxyl groups is 1. The number of nitrogens with zero attached hydrogens (tertiary/aromatic N) is 1. The molecule has 2 fully saturated rings. The van der Waals surface area contributed by atoms with Crippen LogP contribution in [0.4, 0.5) is 0 Å². The number of aliphatic hydroxyl groups excluding tert-OH is 1. The number of rotatable bonds is 5. The molecule has 1 unspecified atom stereocenters. The standard InChI is InChI=1S/C17H19NO6/c1-9(19)14-12-7-13(20)15(18(12)16(14)21)17(22)24-8-10-3-5-11(23-2)6-4-10/h3-6,9,12,14-15,19H,7-8H2,1-2H3/t9-,12-,14-,15?/m1/s1. The molecule has 0 spiro atoms. The van der Waals surface area contributed by atoms with E-state index in [-0.39, 0.29) is 24.7 Å². The molecule has 7 nitrogen and oxygen atoms in total. The molecular weight excluding hydrogens is 314 g/mol. The zero-order valence-electron chi connectivity index (χ0n) is 13.5. The van der Waals surface area contributed by atoms with Crippen LogP contribution in [0.1, 0.15) is 18.9 Å². The van der Waals surface area contributed by atoms with Gasteiger partial charge in [-0.2, -0.15) is 0 Å². The molecule has 1 aromatic carbocycles. The molecule has 7 heteroatoms. The molecule has 2 heterocycles. The van der Waals surface area contributed by atoms with Crippen molar-refractivity contribution in [3.05, 3.63) is 29.8 Å². The normalized spacial score (nSPS) is 26.6.